The van der Waals surface area contributed by atoms with Gasteiger partial charge in [0.25, 0.3) is 0 Å². The average Bonchev–Trinajstić information content (AvgIpc) is 2.41. The lowest BCUT2D eigenvalue weighted by atomic mass is 10.1. The van der Waals surface area contributed by atoms with E-state index in [0.29, 0.717) is 5.62 Å². The first-order valence-electron chi connectivity index (χ1n) is 9.34. The predicted octanol–water partition coefficient (Wildman–Crippen LogP) is 5.67. The number of unbranched alkanes of at least 4 members (excludes halogenated alkanes) is 5. The van der Waals surface area contributed by atoms with Crippen molar-refractivity contribution in [1.82, 2.24) is 0 Å². The Hall–Kier alpha value is 0.117. The molecule has 0 fully saturated rings. The van der Waals surface area contributed by atoms with Crippen LogP contribution in [0.25, 0.3) is 0 Å². The van der Waals surface area contributed by atoms with Crippen LogP contribution in [0.2, 0.25) is 6.04 Å². The maximum atomic E-state index is 8.67. The minimum atomic E-state index is -2.55. The average molecular weight is 381 g/mol. The monoisotopic (exact) mass is 380 g/mol. The van der Waals surface area contributed by atoms with Crippen molar-refractivity contribution in [3.05, 3.63) is 0 Å². The van der Waals surface area contributed by atoms with Crippen LogP contribution in [0.1, 0.15) is 87.0 Å². The maximum Gasteiger partial charge on any atom is 0.501 e. The summed E-state index contributed by atoms with van der Waals surface area (Å²) in [6.07, 6.45) is 8.12. The fraction of sp³-hybridized carbons (Fsp3) is 0.944. The fourth-order valence-electron chi connectivity index (χ4n) is 2.46. The lowest BCUT2D eigenvalue weighted by Gasteiger charge is -2.34. The molecule has 0 saturated carbocycles. The number of hydrogen-bond acceptors (Lipinski definition) is 4. The zero-order chi connectivity index (χ0) is 19.0. The maximum absolute atomic E-state index is 8.67. The Morgan fingerprint density at radius 3 is 1.46 bits per heavy atom. The van der Waals surface area contributed by atoms with Crippen molar-refractivity contribution >= 4 is 27.1 Å². The first-order chi connectivity index (χ1) is 11.2. The van der Waals surface area contributed by atoms with Gasteiger partial charge in [-0.1, -0.05) is 39.0 Å². The van der Waals surface area contributed by atoms with Gasteiger partial charge in [0, 0.05) is 24.4 Å². The second kappa shape index (κ2) is 16.6. The van der Waals surface area contributed by atoms with Gasteiger partial charge in [0.15, 0.2) is 5.62 Å². The largest absolute Gasteiger partial charge is 0.501 e. The van der Waals surface area contributed by atoms with Gasteiger partial charge in [-0.3, -0.25) is 4.79 Å². The van der Waals surface area contributed by atoms with Crippen LogP contribution in [-0.2, 0) is 18.1 Å². The zero-order valence-corrected chi connectivity index (χ0v) is 18.7. The third-order valence-electron chi connectivity index (χ3n) is 3.08. The van der Waals surface area contributed by atoms with Gasteiger partial charge in [0.1, 0.15) is 0 Å². The fourth-order valence-corrected chi connectivity index (χ4v) is 5.82. The van der Waals surface area contributed by atoms with Crippen LogP contribution >= 0.6 is 12.6 Å². The van der Waals surface area contributed by atoms with Gasteiger partial charge in [-0.25, -0.2) is 0 Å². The first kappa shape index (κ1) is 26.3. The van der Waals surface area contributed by atoms with E-state index in [-0.39, 0.29) is 18.3 Å². The molecular formula is C18H40O4SSi. The quantitative estimate of drug-likeness (QED) is 0.194. The highest BCUT2D eigenvalue weighted by atomic mass is 32.1. The molecule has 0 heterocycles. The predicted molar refractivity (Wildman–Crippen MR) is 108 cm³/mol. The molecule has 4 nitrogen and oxygen atoms in total. The van der Waals surface area contributed by atoms with Crippen LogP contribution in [0.3, 0.4) is 0 Å². The number of hydrogen-bond donors (Lipinski definition) is 1. The third kappa shape index (κ3) is 17.0. The lowest BCUT2D eigenvalue weighted by Crippen LogP contribution is -2.50. The molecule has 0 atom stereocenters. The second-order valence-corrected chi connectivity index (χ2v) is 9.59. The van der Waals surface area contributed by atoms with E-state index < -0.39 is 8.80 Å². The van der Waals surface area contributed by atoms with Crippen LogP contribution < -0.4 is 0 Å². The third-order valence-corrected chi connectivity index (χ3v) is 6.54. The van der Waals surface area contributed by atoms with Crippen molar-refractivity contribution in [3.8, 4) is 0 Å². The van der Waals surface area contributed by atoms with E-state index in [1.807, 2.05) is 0 Å². The molecule has 24 heavy (non-hydrogen) atoms. The van der Waals surface area contributed by atoms with Gasteiger partial charge in [-0.05, 0) is 48.0 Å². The molecule has 0 aromatic rings. The van der Waals surface area contributed by atoms with E-state index in [0.717, 1.165) is 12.5 Å². The number of carbonyl (C=O) groups excluding carboxylic acids is 1. The van der Waals surface area contributed by atoms with E-state index in [4.69, 9.17) is 18.1 Å². The van der Waals surface area contributed by atoms with Crippen molar-refractivity contribution in [2.75, 3.05) is 0 Å². The van der Waals surface area contributed by atoms with Gasteiger partial charge < -0.3 is 13.3 Å². The summed E-state index contributed by atoms with van der Waals surface area (Å²) in [5.41, 5.74) is 0.444. The molecule has 0 aliphatic heterocycles. The molecule has 0 spiro atoms. The first-order valence-corrected chi connectivity index (χ1v) is 11.8. The minimum Gasteiger partial charge on any atom is -0.371 e. The summed E-state index contributed by atoms with van der Waals surface area (Å²) >= 11 is 3.11. The van der Waals surface area contributed by atoms with Crippen molar-refractivity contribution in [3.63, 3.8) is 0 Å². The standard InChI is InChI=1S/C17H38O3Si.CH2OS/c1-8-9-10-11-12-13-14-21(18-15(2)3,19-16(4)5)20-17(6)7;2-1-3/h15-17H,8-14H2,1-7H3;1H,(H,2,3). The molecular weight excluding hydrogens is 340 g/mol. The molecule has 0 aromatic carbocycles. The van der Waals surface area contributed by atoms with E-state index in [9.17, 15) is 0 Å². The highest BCUT2D eigenvalue weighted by molar-refractivity contribution is 7.94. The van der Waals surface area contributed by atoms with Crippen LogP contribution in [0, 0.1) is 0 Å². The van der Waals surface area contributed by atoms with Gasteiger partial charge >= 0.3 is 8.80 Å². The second-order valence-electron chi connectivity index (χ2n) is 6.81. The molecule has 0 bridgehead atoms. The van der Waals surface area contributed by atoms with E-state index in [1.54, 1.807) is 0 Å². The van der Waals surface area contributed by atoms with E-state index in [2.05, 4.69) is 61.1 Å². The molecule has 0 radical (unpaired) electrons. The summed E-state index contributed by atoms with van der Waals surface area (Å²) in [6, 6.07) is 0.938. The molecule has 0 amide bonds. The number of carbonyl (C=O) groups is 1. The highest BCUT2D eigenvalue weighted by Crippen LogP contribution is 2.25. The molecule has 0 aliphatic rings. The van der Waals surface area contributed by atoms with Crippen molar-refractivity contribution in [1.29, 1.82) is 0 Å². The summed E-state index contributed by atoms with van der Waals surface area (Å²) in [6.45, 7) is 14.6. The molecule has 0 aliphatic carbocycles. The van der Waals surface area contributed by atoms with Gasteiger partial charge in [-0.15, -0.1) is 12.6 Å². The van der Waals surface area contributed by atoms with Crippen LogP contribution in [-0.4, -0.2) is 32.7 Å². The van der Waals surface area contributed by atoms with Crippen molar-refractivity contribution in [2.24, 2.45) is 0 Å². The van der Waals surface area contributed by atoms with E-state index in [1.165, 1.54) is 32.1 Å². The number of rotatable bonds is 13. The van der Waals surface area contributed by atoms with Crippen molar-refractivity contribution < 1.29 is 18.1 Å². The molecule has 146 valence electrons. The van der Waals surface area contributed by atoms with Gasteiger partial charge in [0.2, 0.25) is 0 Å². The summed E-state index contributed by atoms with van der Waals surface area (Å²) in [5.74, 6) is 0. The number of thiol groups is 1. The molecule has 0 saturated heterocycles. The Bertz CT molecular complexity index is 260. The van der Waals surface area contributed by atoms with Crippen LogP contribution in [0.5, 0.6) is 0 Å². The SMILES string of the molecule is CCCCCCCC[Si](OC(C)C)(OC(C)C)OC(C)C.O=CS. The Morgan fingerprint density at radius 1 is 0.792 bits per heavy atom. The Kier molecular flexibility index (Phi) is 18.2. The smallest absolute Gasteiger partial charge is 0.371 e. The van der Waals surface area contributed by atoms with Crippen LogP contribution in [0.4, 0.5) is 0 Å². The molecule has 0 rings (SSSR count). The van der Waals surface area contributed by atoms with Gasteiger partial charge in [0.05, 0.1) is 0 Å². The zero-order valence-electron chi connectivity index (χ0n) is 16.8. The summed E-state index contributed by atoms with van der Waals surface area (Å²) in [5, 5.41) is 0. The Labute approximate surface area is 156 Å². The summed E-state index contributed by atoms with van der Waals surface area (Å²) in [7, 11) is -2.55. The van der Waals surface area contributed by atoms with E-state index >= 15 is 0 Å². The minimum absolute atomic E-state index is 0.147. The molecule has 0 N–H and O–H groups in total. The molecule has 6 heteroatoms. The highest BCUT2D eigenvalue weighted by Gasteiger charge is 2.43. The summed E-state index contributed by atoms with van der Waals surface area (Å²) < 4.78 is 18.5. The van der Waals surface area contributed by atoms with Gasteiger partial charge in [-0.2, -0.15) is 0 Å². The lowest BCUT2D eigenvalue weighted by molar-refractivity contribution is 0.00278. The van der Waals surface area contributed by atoms with Crippen molar-refractivity contribution in [2.45, 2.75) is 111 Å². The summed E-state index contributed by atoms with van der Waals surface area (Å²) in [4.78, 5) is 8.67. The Balaban J connectivity index is 0. The van der Waals surface area contributed by atoms with Crippen LogP contribution in [0.15, 0.2) is 0 Å². The molecule has 0 aromatic heterocycles. The molecule has 0 unspecified atom stereocenters. The topological polar surface area (TPSA) is 44.8 Å². The Morgan fingerprint density at radius 2 is 1.12 bits per heavy atom. The normalized spacial score (nSPS) is 11.8.